The zero-order valence-electron chi connectivity index (χ0n) is 14.8. The van der Waals surface area contributed by atoms with Gasteiger partial charge in [0, 0.05) is 23.1 Å². The van der Waals surface area contributed by atoms with Gasteiger partial charge < -0.3 is 19.8 Å². The summed E-state index contributed by atoms with van der Waals surface area (Å²) >= 11 is 0. The summed E-state index contributed by atoms with van der Waals surface area (Å²) < 4.78 is 24.1. The highest BCUT2D eigenvalue weighted by atomic mass is 19.1. The van der Waals surface area contributed by atoms with Crippen molar-refractivity contribution in [1.82, 2.24) is 10.3 Å². The molecule has 0 bridgehead atoms. The zero-order valence-corrected chi connectivity index (χ0v) is 14.8. The van der Waals surface area contributed by atoms with Gasteiger partial charge in [0.25, 0.3) is 0 Å². The van der Waals surface area contributed by atoms with Crippen molar-refractivity contribution in [3.05, 3.63) is 59.0 Å². The van der Waals surface area contributed by atoms with E-state index < -0.39 is 0 Å². The second-order valence-corrected chi connectivity index (χ2v) is 6.03. The Bertz CT molecular complexity index is 874. The van der Waals surface area contributed by atoms with E-state index in [2.05, 4.69) is 10.3 Å². The third kappa shape index (κ3) is 3.77. The van der Waals surface area contributed by atoms with Gasteiger partial charge >= 0.3 is 0 Å². The lowest BCUT2D eigenvalue weighted by atomic mass is 10.1. The topological polar surface area (TPSA) is 46.3 Å². The molecule has 5 heteroatoms. The maximum absolute atomic E-state index is 13.5. The molecule has 0 fully saturated rings. The van der Waals surface area contributed by atoms with E-state index in [9.17, 15) is 4.39 Å². The van der Waals surface area contributed by atoms with Crippen LogP contribution in [0.2, 0.25) is 0 Å². The molecule has 0 amide bonds. The molecule has 2 aromatic carbocycles. The van der Waals surface area contributed by atoms with E-state index >= 15 is 0 Å². The van der Waals surface area contributed by atoms with Crippen molar-refractivity contribution in [3.63, 3.8) is 0 Å². The average Bonchev–Trinajstić information content (AvgIpc) is 2.93. The van der Waals surface area contributed by atoms with Crippen LogP contribution in [0.3, 0.4) is 0 Å². The number of ether oxygens (including phenoxy) is 2. The molecular formula is C20H23FN2O2. The monoisotopic (exact) mass is 342 g/mol. The summed E-state index contributed by atoms with van der Waals surface area (Å²) in [6.45, 7) is 3.57. The summed E-state index contributed by atoms with van der Waals surface area (Å²) in [4.78, 5) is 3.32. The molecule has 0 saturated heterocycles. The largest absolute Gasteiger partial charge is 0.493 e. The van der Waals surface area contributed by atoms with Crippen molar-refractivity contribution >= 4 is 10.9 Å². The molecule has 0 saturated carbocycles. The lowest BCUT2D eigenvalue weighted by Gasteiger charge is -2.10. The van der Waals surface area contributed by atoms with Gasteiger partial charge in [-0.1, -0.05) is 6.07 Å². The molecule has 0 radical (unpaired) electrons. The Labute approximate surface area is 147 Å². The molecule has 25 heavy (non-hydrogen) atoms. The van der Waals surface area contributed by atoms with Crippen molar-refractivity contribution in [1.29, 1.82) is 0 Å². The van der Waals surface area contributed by atoms with Crippen LogP contribution in [0, 0.1) is 12.7 Å². The van der Waals surface area contributed by atoms with Crippen molar-refractivity contribution in [2.45, 2.75) is 19.9 Å². The van der Waals surface area contributed by atoms with E-state index in [1.807, 2.05) is 25.1 Å². The summed E-state index contributed by atoms with van der Waals surface area (Å²) in [6, 6.07) is 10.8. The molecule has 4 nitrogen and oxygen atoms in total. The molecule has 3 aromatic rings. The van der Waals surface area contributed by atoms with Crippen LogP contribution >= 0.6 is 0 Å². The maximum Gasteiger partial charge on any atom is 0.161 e. The Morgan fingerprint density at radius 3 is 2.60 bits per heavy atom. The van der Waals surface area contributed by atoms with E-state index in [-0.39, 0.29) is 5.82 Å². The molecular weight excluding hydrogens is 319 g/mol. The Morgan fingerprint density at radius 1 is 1.04 bits per heavy atom. The third-order valence-electron chi connectivity index (χ3n) is 4.41. The fraction of sp³-hybridized carbons (Fsp3) is 0.300. The normalized spacial score (nSPS) is 11.0. The molecule has 0 unspecified atom stereocenters. The minimum Gasteiger partial charge on any atom is -0.493 e. The van der Waals surface area contributed by atoms with Crippen molar-refractivity contribution in [2.75, 3.05) is 20.8 Å². The first kappa shape index (κ1) is 17.3. The fourth-order valence-corrected chi connectivity index (χ4v) is 3.11. The first-order valence-corrected chi connectivity index (χ1v) is 8.30. The van der Waals surface area contributed by atoms with Gasteiger partial charge in [-0.15, -0.1) is 0 Å². The van der Waals surface area contributed by atoms with Crippen LogP contribution in [0.5, 0.6) is 11.5 Å². The van der Waals surface area contributed by atoms with Gasteiger partial charge in [-0.25, -0.2) is 4.39 Å². The van der Waals surface area contributed by atoms with E-state index in [1.165, 1.54) is 6.07 Å². The molecule has 2 N–H and O–H groups in total. The van der Waals surface area contributed by atoms with Crippen LogP contribution in [0.15, 0.2) is 36.4 Å². The molecule has 0 aliphatic heterocycles. The van der Waals surface area contributed by atoms with Crippen LogP contribution in [-0.2, 0) is 13.0 Å². The predicted octanol–water partition coefficient (Wildman–Crippen LogP) is 3.96. The lowest BCUT2D eigenvalue weighted by Crippen LogP contribution is -2.17. The maximum atomic E-state index is 13.5. The zero-order chi connectivity index (χ0) is 17.8. The smallest absolute Gasteiger partial charge is 0.161 e. The molecule has 0 aliphatic carbocycles. The number of aryl methyl sites for hydroxylation is 1. The minimum atomic E-state index is -0.203. The van der Waals surface area contributed by atoms with Crippen molar-refractivity contribution in [2.24, 2.45) is 0 Å². The van der Waals surface area contributed by atoms with Crippen LogP contribution in [0.4, 0.5) is 4.39 Å². The number of methoxy groups -OCH3 is 2. The first-order valence-electron chi connectivity index (χ1n) is 8.30. The summed E-state index contributed by atoms with van der Waals surface area (Å²) in [5, 5.41) is 4.39. The number of aromatic amines is 1. The fourth-order valence-electron chi connectivity index (χ4n) is 3.11. The van der Waals surface area contributed by atoms with Crippen molar-refractivity contribution in [3.8, 4) is 11.5 Å². The molecule has 1 aromatic heterocycles. The molecule has 1 heterocycles. The molecule has 132 valence electrons. The molecule has 3 rings (SSSR count). The van der Waals surface area contributed by atoms with E-state index in [0.29, 0.717) is 0 Å². The number of fused-ring (bicyclic) bond motifs is 1. The van der Waals surface area contributed by atoms with Crippen LogP contribution < -0.4 is 14.8 Å². The molecule has 0 atom stereocenters. The van der Waals surface area contributed by atoms with Gasteiger partial charge in [0.15, 0.2) is 11.5 Å². The number of halogens is 1. The summed E-state index contributed by atoms with van der Waals surface area (Å²) in [6.07, 6.45) is 0.836. The SMILES string of the molecule is COc1ccc(CNCCc2c(C)[nH]c3ccc(F)cc23)cc1OC. The van der Waals surface area contributed by atoms with Gasteiger partial charge in [-0.3, -0.25) is 0 Å². The van der Waals surface area contributed by atoms with E-state index in [1.54, 1.807) is 26.4 Å². The predicted molar refractivity (Wildman–Crippen MR) is 98.0 cm³/mol. The second kappa shape index (κ2) is 7.57. The second-order valence-electron chi connectivity index (χ2n) is 6.03. The van der Waals surface area contributed by atoms with Gasteiger partial charge in [0.2, 0.25) is 0 Å². The number of aromatic nitrogens is 1. The average molecular weight is 342 g/mol. The number of rotatable bonds is 7. The number of hydrogen-bond acceptors (Lipinski definition) is 3. The molecule has 0 spiro atoms. The minimum absolute atomic E-state index is 0.203. The number of hydrogen-bond donors (Lipinski definition) is 2. The Hall–Kier alpha value is -2.53. The summed E-state index contributed by atoms with van der Waals surface area (Å²) in [5.74, 6) is 1.25. The molecule has 0 aliphatic rings. The first-order chi connectivity index (χ1) is 12.1. The van der Waals surface area contributed by atoms with E-state index in [0.717, 1.165) is 58.7 Å². The number of nitrogens with one attached hydrogen (secondary N) is 2. The number of benzene rings is 2. The highest BCUT2D eigenvalue weighted by Gasteiger charge is 2.09. The van der Waals surface area contributed by atoms with Gasteiger partial charge in [0.1, 0.15) is 5.82 Å². The van der Waals surface area contributed by atoms with Crippen LogP contribution in [0.1, 0.15) is 16.8 Å². The summed E-state index contributed by atoms with van der Waals surface area (Å²) in [7, 11) is 3.26. The highest BCUT2D eigenvalue weighted by Crippen LogP contribution is 2.27. The van der Waals surface area contributed by atoms with Crippen LogP contribution in [0.25, 0.3) is 10.9 Å². The standard InChI is InChI=1S/C20H23FN2O2/c1-13-16(17-11-15(21)5-6-18(17)23-13)8-9-22-12-14-4-7-19(24-2)20(10-14)25-3/h4-7,10-11,22-23H,8-9,12H2,1-3H3. The van der Waals surface area contributed by atoms with Gasteiger partial charge in [-0.05, 0) is 61.3 Å². The quantitative estimate of drug-likeness (QED) is 0.639. The summed E-state index contributed by atoms with van der Waals surface area (Å²) in [5.41, 5.74) is 4.36. The van der Waals surface area contributed by atoms with Crippen molar-refractivity contribution < 1.29 is 13.9 Å². The van der Waals surface area contributed by atoms with Gasteiger partial charge in [0.05, 0.1) is 14.2 Å². The third-order valence-corrected chi connectivity index (χ3v) is 4.41. The Kier molecular flexibility index (Phi) is 5.24. The highest BCUT2D eigenvalue weighted by molar-refractivity contribution is 5.84. The Balaban J connectivity index is 1.62. The number of H-pyrrole nitrogens is 1. The van der Waals surface area contributed by atoms with E-state index in [4.69, 9.17) is 9.47 Å². The lowest BCUT2D eigenvalue weighted by molar-refractivity contribution is 0.354. The van der Waals surface area contributed by atoms with Crippen LogP contribution in [-0.4, -0.2) is 25.7 Å². The van der Waals surface area contributed by atoms with Gasteiger partial charge in [-0.2, -0.15) is 0 Å². The Morgan fingerprint density at radius 2 is 1.84 bits per heavy atom.